The third kappa shape index (κ3) is 13.5. The Morgan fingerprint density at radius 3 is 2.38 bits per heavy atom. The highest BCUT2D eigenvalue weighted by Crippen LogP contribution is 2.31. The Hall–Kier alpha value is -3.84. The Bertz CT molecular complexity index is 1480. The van der Waals surface area contributed by atoms with E-state index < -0.39 is 29.9 Å². The second-order valence-electron chi connectivity index (χ2n) is 14.6. The maximum atomic E-state index is 14.1. The van der Waals surface area contributed by atoms with E-state index in [-0.39, 0.29) is 60.5 Å². The minimum Gasteiger partial charge on any atom is -0.466 e. The van der Waals surface area contributed by atoms with Crippen molar-refractivity contribution in [1.29, 1.82) is 0 Å². The zero-order chi connectivity index (χ0) is 39.1. The van der Waals surface area contributed by atoms with Crippen LogP contribution in [0.4, 0.5) is 0 Å². The summed E-state index contributed by atoms with van der Waals surface area (Å²) in [6, 6.07) is 8.05. The van der Waals surface area contributed by atoms with Crippen LogP contribution in [0.5, 0.6) is 0 Å². The van der Waals surface area contributed by atoms with Crippen LogP contribution in [0, 0.1) is 11.8 Å². The molecule has 2 aromatic rings. The second-order valence-corrected chi connectivity index (χ2v) is 15.5. The SMILES string of the molecule is CCCC[C@H](NC(=O)[C@H]1CCCCN1C)C(=O)N(C)[C@H](C[C@@H](OC(C)=O)c1nc(C(=O)N[C@@H](Cc2ccccc2)C[C@H](C)C(=O)OCC)cs1)C(C)C. The van der Waals surface area contributed by atoms with Crippen LogP contribution in [0.1, 0.15) is 120 Å². The molecular weight excluding hydrogens is 695 g/mol. The minimum absolute atomic E-state index is 0.0307. The lowest BCUT2D eigenvalue weighted by atomic mass is 9.95. The van der Waals surface area contributed by atoms with Gasteiger partial charge in [0, 0.05) is 37.9 Å². The van der Waals surface area contributed by atoms with E-state index in [0.29, 0.717) is 24.3 Å². The van der Waals surface area contributed by atoms with Gasteiger partial charge in [-0.1, -0.05) is 77.3 Å². The lowest BCUT2D eigenvalue weighted by molar-refractivity contribution is -0.149. The van der Waals surface area contributed by atoms with Gasteiger partial charge in [0.15, 0.2) is 6.10 Å². The van der Waals surface area contributed by atoms with Gasteiger partial charge in [0.1, 0.15) is 16.7 Å². The summed E-state index contributed by atoms with van der Waals surface area (Å²) in [5, 5.41) is 8.21. The van der Waals surface area contributed by atoms with Crippen molar-refractivity contribution in [2.24, 2.45) is 11.8 Å². The van der Waals surface area contributed by atoms with Crippen molar-refractivity contribution < 1.29 is 33.4 Å². The number of unbranched alkanes of at least 4 members (excludes halogenated alkanes) is 1. The molecule has 0 unspecified atom stereocenters. The first-order valence-corrected chi connectivity index (χ1v) is 20.0. The van der Waals surface area contributed by atoms with Gasteiger partial charge < -0.3 is 25.0 Å². The molecule has 0 spiro atoms. The summed E-state index contributed by atoms with van der Waals surface area (Å²) in [6.45, 7) is 12.1. The Labute approximate surface area is 319 Å². The summed E-state index contributed by atoms with van der Waals surface area (Å²) >= 11 is 1.21. The summed E-state index contributed by atoms with van der Waals surface area (Å²) < 4.78 is 11.0. The largest absolute Gasteiger partial charge is 0.466 e. The van der Waals surface area contributed by atoms with Gasteiger partial charge >= 0.3 is 11.9 Å². The third-order valence-electron chi connectivity index (χ3n) is 9.93. The van der Waals surface area contributed by atoms with Crippen LogP contribution in [-0.2, 0) is 35.1 Å². The van der Waals surface area contributed by atoms with Crippen LogP contribution in [0.15, 0.2) is 35.7 Å². The molecule has 1 aliphatic rings. The number of hydrogen-bond acceptors (Lipinski definition) is 10. The van der Waals surface area contributed by atoms with Crippen LogP contribution in [0.2, 0.25) is 0 Å². The van der Waals surface area contributed by atoms with E-state index in [4.69, 9.17) is 9.47 Å². The Morgan fingerprint density at radius 1 is 1.04 bits per heavy atom. The normalized spacial score (nSPS) is 17.6. The number of esters is 2. The molecule has 2 N–H and O–H groups in total. The fourth-order valence-electron chi connectivity index (χ4n) is 6.94. The zero-order valence-corrected chi connectivity index (χ0v) is 33.7. The monoisotopic (exact) mass is 755 g/mol. The molecule has 53 heavy (non-hydrogen) atoms. The highest BCUT2D eigenvalue weighted by atomic mass is 32.1. The van der Waals surface area contributed by atoms with Crippen molar-refractivity contribution in [3.05, 3.63) is 52.0 Å². The lowest BCUT2D eigenvalue weighted by Gasteiger charge is -2.37. The van der Waals surface area contributed by atoms with E-state index in [1.54, 1.807) is 31.2 Å². The minimum atomic E-state index is -0.815. The maximum absolute atomic E-state index is 14.1. The van der Waals surface area contributed by atoms with Crippen LogP contribution < -0.4 is 10.6 Å². The van der Waals surface area contributed by atoms with Crippen molar-refractivity contribution >= 4 is 41.0 Å². The predicted octanol–water partition coefficient (Wildman–Crippen LogP) is 5.71. The average Bonchev–Trinajstić information content (AvgIpc) is 3.62. The first-order valence-electron chi connectivity index (χ1n) is 19.2. The smallest absolute Gasteiger partial charge is 0.308 e. The molecule has 1 aliphatic heterocycles. The number of benzene rings is 1. The highest BCUT2D eigenvalue weighted by molar-refractivity contribution is 7.09. The summed E-state index contributed by atoms with van der Waals surface area (Å²) in [5.74, 6) is -2.00. The van der Waals surface area contributed by atoms with E-state index in [1.807, 2.05) is 51.2 Å². The fourth-order valence-corrected chi connectivity index (χ4v) is 7.78. The molecular formula is C40H61N5O7S. The van der Waals surface area contributed by atoms with Gasteiger partial charge in [0.05, 0.1) is 18.6 Å². The average molecular weight is 756 g/mol. The van der Waals surface area contributed by atoms with E-state index in [1.165, 1.54) is 18.3 Å². The summed E-state index contributed by atoms with van der Waals surface area (Å²) in [4.78, 5) is 74.3. The number of nitrogens with zero attached hydrogens (tertiary/aromatic N) is 3. The highest BCUT2D eigenvalue weighted by Gasteiger charge is 2.35. The van der Waals surface area contributed by atoms with Crippen molar-refractivity contribution in [2.45, 2.75) is 130 Å². The number of amides is 3. The first-order chi connectivity index (χ1) is 25.2. The Morgan fingerprint density at radius 2 is 1.75 bits per heavy atom. The molecule has 1 aromatic carbocycles. The number of likely N-dealkylation sites (tertiary alicyclic amines) is 1. The third-order valence-corrected chi connectivity index (χ3v) is 10.9. The molecule has 0 radical (unpaired) electrons. The Kier molecular flexibility index (Phi) is 17.9. The number of carbonyl (C=O) groups excluding carboxylic acids is 5. The molecule has 1 saturated heterocycles. The van der Waals surface area contributed by atoms with Crippen LogP contribution in [0.3, 0.4) is 0 Å². The van der Waals surface area contributed by atoms with Gasteiger partial charge in [-0.2, -0.15) is 0 Å². The fraction of sp³-hybridized carbons (Fsp3) is 0.650. The molecule has 3 rings (SSSR count). The van der Waals surface area contributed by atoms with Crippen molar-refractivity contribution in [2.75, 3.05) is 27.2 Å². The van der Waals surface area contributed by atoms with E-state index in [9.17, 15) is 24.0 Å². The number of nitrogens with one attached hydrogen (secondary N) is 2. The maximum Gasteiger partial charge on any atom is 0.308 e. The van der Waals surface area contributed by atoms with Crippen molar-refractivity contribution in [1.82, 2.24) is 25.4 Å². The molecule has 12 nitrogen and oxygen atoms in total. The molecule has 0 bridgehead atoms. The van der Waals surface area contributed by atoms with Gasteiger partial charge in [-0.25, -0.2) is 4.98 Å². The van der Waals surface area contributed by atoms with Crippen LogP contribution in [0.25, 0.3) is 0 Å². The van der Waals surface area contributed by atoms with Crippen molar-refractivity contribution in [3.63, 3.8) is 0 Å². The van der Waals surface area contributed by atoms with Gasteiger partial charge in [-0.3, -0.25) is 28.9 Å². The summed E-state index contributed by atoms with van der Waals surface area (Å²) in [6.07, 6.45) is 5.30. The van der Waals surface area contributed by atoms with E-state index in [0.717, 1.165) is 44.2 Å². The molecule has 0 saturated carbocycles. The lowest BCUT2D eigenvalue weighted by Crippen LogP contribution is -2.56. The van der Waals surface area contributed by atoms with E-state index in [2.05, 4.69) is 27.4 Å². The number of aromatic nitrogens is 1. The molecule has 6 atom stereocenters. The molecule has 2 heterocycles. The Balaban J connectivity index is 1.80. The predicted molar refractivity (Wildman–Crippen MR) is 206 cm³/mol. The first kappa shape index (κ1) is 43.6. The quantitative estimate of drug-likeness (QED) is 0.162. The number of piperidine rings is 1. The summed E-state index contributed by atoms with van der Waals surface area (Å²) in [5.41, 5.74) is 1.18. The molecule has 0 aliphatic carbocycles. The van der Waals surface area contributed by atoms with Crippen LogP contribution in [-0.4, -0.2) is 95.9 Å². The van der Waals surface area contributed by atoms with Gasteiger partial charge in [0.2, 0.25) is 11.8 Å². The molecule has 3 amide bonds. The number of ether oxygens (including phenoxy) is 2. The number of likely N-dealkylation sites (N-methyl/N-ethyl adjacent to an activating group) is 2. The molecule has 1 aromatic heterocycles. The summed E-state index contributed by atoms with van der Waals surface area (Å²) in [7, 11) is 3.69. The topological polar surface area (TPSA) is 147 Å². The molecule has 13 heteroatoms. The van der Waals surface area contributed by atoms with Gasteiger partial charge in [-0.15, -0.1) is 11.3 Å². The number of rotatable bonds is 20. The number of thiazole rings is 1. The van der Waals surface area contributed by atoms with Gasteiger partial charge in [0.25, 0.3) is 5.91 Å². The second kappa shape index (κ2) is 21.8. The number of carbonyl (C=O) groups is 5. The zero-order valence-electron chi connectivity index (χ0n) is 32.9. The number of hydrogen-bond donors (Lipinski definition) is 2. The van der Waals surface area contributed by atoms with Crippen LogP contribution >= 0.6 is 11.3 Å². The van der Waals surface area contributed by atoms with Gasteiger partial charge in [-0.05, 0) is 64.1 Å². The molecule has 1 fully saturated rings. The van der Waals surface area contributed by atoms with Crippen molar-refractivity contribution in [3.8, 4) is 0 Å². The standard InChI is InChI=1S/C40H61N5O7S/c1-9-11-19-31(42-37(48)33-20-15-16-21-44(33)7)39(49)45(8)34(26(3)4)24-35(52-28(6)46)38-43-32(25-53-38)36(47)41-30(22-27(5)40(50)51-10-2)23-29-17-13-12-14-18-29/h12-14,17-18,25-27,30-31,33-35H,9-11,15-16,19-24H2,1-8H3,(H,41,47)(H,42,48)/t27-,30+,31-,33+,34+,35+/m0/s1. The van der Waals surface area contributed by atoms with E-state index >= 15 is 0 Å². The molecule has 294 valence electrons.